The van der Waals surface area contributed by atoms with Crippen LogP contribution in [-0.4, -0.2) is 22.1 Å². The molecule has 4 rings (SSSR count). The highest BCUT2D eigenvalue weighted by Crippen LogP contribution is 2.23. The molecular weight excluding hydrogens is 383 g/mol. The number of hydrogen-bond acceptors (Lipinski definition) is 6. The quantitative estimate of drug-likeness (QED) is 0.464. The zero-order chi connectivity index (χ0) is 20.8. The normalized spacial score (nSPS) is 10.5. The maximum Gasteiger partial charge on any atom is 0.163 e. The van der Waals surface area contributed by atoms with Gasteiger partial charge < -0.3 is 14.8 Å². The Morgan fingerprint density at radius 1 is 0.900 bits per heavy atom. The number of nitrogens with one attached hydrogen (secondary N) is 1. The molecule has 0 aliphatic carbocycles. The summed E-state index contributed by atoms with van der Waals surface area (Å²) in [6.45, 7) is 0.587. The lowest BCUT2D eigenvalue weighted by molar-refractivity contribution is 0.413. The zero-order valence-electron chi connectivity index (χ0n) is 16.2. The minimum Gasteiger partial charge on any atom is -0.495 e. The molecule has 0 amide bonds. The van der Waals surface area contributed by atoms with E-state index in [2.05, 4.69) is 20.3 Å². The highest BCUT2D eigenvalue weighted by atomic mass is 19.1. The molecule has 1 N–H and O–H groups in total. The molecule has 30 heavy (non-hydrogen) atoms. The summed E-state index contributed by atoms with van der Waals surface area (Å²) in [5.74, 6) is 2.89. The molecule has 0 saturated carbocycles. The molecule has 0 aliphatic heterocycles. The van der Waals surface area contributed by atoms with Crippen molar-refractivity contribution in [2.24, 2.45) is 0 Å². The van der Waals surface area contributed by atoms with Crippen LogP contribution >= 0.6 is 0 Å². The summed E-state index contributed by atoms with van der Waals surface area (Å²) >= 11 is 0. The Kier molecular flexibility index (Phi) is 5.80. The second-order valence-electron chi connectivity index (χ2n) is 6.43. The number of hydrogen-bond donors (Lipinski definition) is 1. The number of anilines is 1. The van der Waals surface area contributed by atoms with Gasteiger partial charge in [0.25, 0.3) is 0 Å². The topological polar surface area (TPSA) is 69.2 Å². The molecule has 6 nitrogen and oxygen atoms in total. The van der Waals surface area contributed by atoms with Crippen LogP contribution in [0, 0.1) is 5.82 Å². The van der Waals surface area contributed by atoms with Gasteiger partial charge >= 0.3 is 0 Å². The summed E-state index contributed by atoms with van der Waals surface area (Å²) in [5, 5.41) is 3.29. The summed E-state index contributed by atoms with van der Waals surface area (Å²) in [4.78, 5) is 13.0. The van der Waals surface area contributed by atoms with Gasteiger partial charge in [-0.05, 0) is 54.1 Å². The fourth-order valence-corrected chi connectivity index (χ4v) is 2.76. The zero-order valence-corrected chi connectivity index (χ0v) is 16.2. The molecule has 0 unspecified atom stereocenters. The Hall–Kier alpha value is -4.00. The molecular formula is C23H19FN4O2. The highest BCUT2D eigenvalue weighted by molar-refractivity contribution is 5.57. The maximum absolute atomic E-state index is 13.0. The first-order chi connectivity index (χ1) is 14.7. The molecule has 2 aromatic carbocycles. The summed E-state index contributed by atoms with van der Waals surface area (Å²) in [7, 11) is 1.59. The maximum atomic E-state index is 13.0. The van der Waals surface area contributed by atoms with Gasteiger partial charge in [-0.1, -0.05) is 12.1 Å². The van der Waals surface area contributed by atoms with Crippen LogP contribution in [0.3, 0.4) is 0 Å². The number of rotatable bonds is 7. The molecule has 0 saturated heterocycles. The number of ether oxygens (including phenoxy) is 2. The number of methoxy groups -OCH3 is 1. The molecule has 150 valence electrons. The Morgan fingerprint density at radius 3 is 2.37 bits per heavy atom. The largest absolute Gasteiger partial charge is 0.495 e. The van der Waals surface area contributed by atoms with E-state index in [9.17, 15) is 4.39 Å². The van der Waals surface area contributed by atoms with E-state index in [1.807, 2.05) is 36.4 Å². The lowest BCUT2D eigenvalue weighted by Crippen LogP contribution is -2.02. The SMILES string of the molecule is COc1cncc(-c2nccc(NCc3ccc(Oc4ccc(F)cc4)cc3)n2)c1. The molecule has 0 fully saturated rings. The van der Waals surface area contributed by atoms with E-state index in [0.717, 1.165) is 11.1 Å². The van der Waals surface area contributed by atoms with Gasteiger partial charge in [-0.15, -0.1) is 0 Å². The van der Waals surface area contributed by atoms with Gasteiger partial charge in [0.15, 0.2) is 5.82 Å². The third-order valence-corrected chi connectivity index (χ3v) is 4.31. The first kappa shape index (κ1) is 19.3. The molecule has 0 spiro atoms. The van der Waals surface area contributed by atoms with Crippen molar-refractivity contribution in [1.29, 1.82) is 0 Å². The van der Waals surface area contributed by atoms with E-state index in [4.69, 9.17) is 9.47 Å². The summed E-state index contributed by atoms with van der Waals surface area (Å²) < 4.78 is 23.9. The monoisotopic (exact) mass is 402 g/mol. The molecule has 0 atom stereocenters. The van der Waals surface area contributed by atoms with Gasteiger partial charge in [-0.3, -0.25) is 4.98 Å². The van der Waals surface area contributed by atoms with E-state index in [1.54, 1.807) is 37.8 Å². The molecule has 0 aliphatic rings. The Morgan fingerprint density at radius 2 is 1.63 bits per heavy atom. The average molecular weight is 402 g/mol. The highest BCUT2D eigenvalue weighted by Gasteiger charge is 2.05. The van der Waals surface area contributed by atoms with Crippen LogP contribution in [0.15, 0.2) is 79.3 Å². The summed E-state index contributed by atoms with van der Waals surface area (Å²) in [5.41, 5.74) is 1.84. The van der Waals surface area contributed by atoms with Gasteiger partial charge in [0, 0.05) is 24.5 Å². The van der Waals surface area contributed by atoms with Gasteiger partial charge in [0.05, 0.1) is 13.3 Å². The van der Waals surface area contributed by atoms with E-state index >= 15 is 0 Å². The second kappa shape index (κ2) is 9.00. The summed E-state index contributed by atoms with van der Waals surface area (Å²) in [6, 6.07) is 17.2. The molecule has 2 aromatic heterocycles. The van der Waals surface area contributed by atoms with Crippen molar-refractivity contribution in [2.45, 2.75) is 6.54 Å². The fraction of sp³-hybridized carbons (Fsp3) is 0.0870. The predicted molar refractivity (Wildman–Crippen MR) is 112 cm³/mol. The summed E-state index contributed by atoms with van der Waals surface area (Å²) in [6.07, 6.45) is 5.03. The minimum absolute atomic E-state index is 0.292. The molecule has 4 aromatic rings. The lowest BCUT2D eigenvalue weighted by atomic mass is 10.2. The Bertz CT molecular complexity index is 1120. The van der Waals surface area contributed by atoms with Crippen LogP contribution in [-0.2, 0) is 6.54 Å². The van der Waals surface area contributed by atoms with E-state index < -0.39 is 0 Å². The molecule has 0 radical (unpaired) electrons. The average Bonchev–Trinajstić information content (AvgIpc) is 2.80. The van der Waals surface area contributed by atoms with Crippen LogP contribution in [0.5, 0.6) is 17.2 Å². The van der Waals surface area contributed by atoms with Crippen molar-refractivity contribution in [3.05, 3.63) is 90.6 Å². The molecule has 7 heteroatoms. The van der Waals surface area contributed by atoms with Crippen LogP contribution in [0.1, 0.15) is 5.56 Å². The first-order valence-electron chi connectivity index (χ1n) is 9.28. The number of nitrogens with zero attached hydrogens (tertiary/aromatic N) is 3. The number of aromatic nitrogens is 3. The molecule has 2 heterocycles. The van der Waals surface area contributed by atoms with Gasteiger partial charge in [0.2, 0.25) is 0 Å². The van der Waals surface area contributed by atoms with Crippen molar-refractivity contribution in [1.82, 2.24) is 15.0 Å². The van der Waals surface area contributed by atoms with Crippen LogP contribution < -0.4 is 14.8 Å². The smallest absolute Gasteiger partial charge is 0.163 e. The van der Waals surface area contributed by atoms with Crippen molar-refractivity contribution >= 4 is 5.82 Å². The predicted octanol–water partition coefficient (Wildman–Crippen LogP) is 5.09. The van der Waals surface area contributed by atoms with Crippen molar-refractivity contribution in [3.63, 3.8) is 0 Å². The van der Waals surface area contributed by atoms with Gasteiger partial charge in [0.1, 0.15) is 28.9 Å². The minimum atomic E-state index is -0.292. The van der Waals surface area contributed by atoms with Crippen molar-refractivity contribution < 1.29 is 13.9 Å². The second-order valence-corrected chi connectivity index (χ2v) is 6.43. The number of pyridine rings is 1. The third-order valence-electron chi connectivity index (χ3n) is 4.31. The number of benzene rings is 2. The van der Waals surface area contributed by atoms with E-state index in [-0.39, 0.29) is 5.82 Å². The van der Waals surface area contributed by atoms with Crippen molar-refractivity contribution in [2.75, 3.05) is 12.4 Å². The van der Waals surface area contributed by atoms with Crippen molar-refractivity contribution in [3.8, 4) is 28.6 Å². The Balaban J connectivity index is 1.39. The van der Waals surface area contributed by atoms with Crippen LogP contribution in [0.25, 0.3) is 11.4 Å². The molecule has 0 bridgehead atoms. The lowest BCUT2D eigenvalue weighted by Gasteiger charge is -2.09. The first-order valence-corrected chi connectivity index (χ1v) is 9.28. The number of halogens is 1. The fourth-order valence-electron chi connectivity index (χ4n) is 2.76. The van der Waals surface area contributed by atoms with Gasteiger partial charge in [-0.25, -0.2) is 14.4 Å². The van der Waals surface area contributed by atoms with Crippen LogP contribution in [0.4, 0.5) is 10.2 Å². The Labute approximate surface area is 173 Å². The van der Waals surface area contributed by atoms with E-state index in [1.165, 1.54) is 12.1 Å². The standard InChI is InChI=1S/C23H19FN4O2/c1-29-21-12-17(14-25-15-21)23-26-11-10-22(28-23)27-13-16-2-6-19(7-3-16)30-20-8-4-18(24)5-9-20/h2-12,14-15H,13H2,1H3,(H,26,27,28). The van der Waals surface area contributed by atoms with E-state index in [0.29, 0.717) is 35.4 Å². The van der Waals surface area contributed by atoms with Crippen LogP contribution in [0.2, 0.25) is 0 Å². The van der Waals surface area contributed by atoms with Gasteiger partial charge in [-0.2, -0.15) is 0 Å². The third kappa shape index (κ3) is 4.88.